The van der Waals surface area contributed by atoms with Crippen LogP contribution in [0.15, 0.2) is 48.5 Å². The maximum Gasteiger partial charge on any atom is 0.255 e. The Morgan fingerprint density at radius 3 is 2.40 bits per heavy atom. The lowest BCUT2D eigenvalue weighted by Crippen LogP contribution is -2.48. The van der Waals surface area contributed by atoms with Crippen LogP contribution in [0.2, 0.25) is 0 Å². The van der Waals surface area contributed by atoms with E-state index in [9.17, 15) is 14.0 Å². The van der Waals surface area contributed by atoms with E-state index in [1.165, 1.54) is 18.2 Å². The molecule has 3 rings (SSSR count). The molecular weight excluding hydrogens is 321 g/mol. The fourth-order valence-corrected chi connectivity index (χ4v) is 2.64. The number of nitrogens with one attached hydrogen (secondary N) is 3. The van der Waals surface area contributed by atoms with Crippen molar-refractivity contribution in [2.75, 3.05) is 23.7 Å². The van der Waals surface area contributed by atoms with E-state index in [0.717, 1.165) is 13.1 Å². The van der Waals surface area contributed by atoms with E-state index in [-0.39, 0.29) is 17.7 Å². The van der Waals surface area contributed by atoms with E-state index in [4.69, 9.17) is 0 Å². The summed E-state index contributed by atoms with van der Waals surface area (Å²) in [7, 11) is 0. The Morgan fingerprint density at radius 1 is 1.08 bits per heavy atom. The number of hydrogen-bond donors (Lipinski definition) is 3. The van der Waals surface area contributed by atoms with Crippen molar-refractivity contribution in [2.45, 2.75) is 6.92 Å². The van der Waals surface area contributed by atoms with Crippen LogP contribution in [-0.2, 0) is 4.79 Å². The standard InChI is InChI=1S/C19H20FN3O2/c1-12(14-10-21-11-14)18(24)22-16-6-2-4-13(8-16)19(25)23-17-7-3-5-15(20)9-17/h2-9,12,14,21H,10-11H2,1H3,(H,22,24)(H,23,25). The van der Waals surface area contributed by atoms with Crippen LogP contribution in [-0.4, -0.2) is 24.9 Å². The molecule has 0 aliphatic carbocycles. The van der Waals surface area contributed by atoms with Gasteiger partial charge in [0.25, 0.3) is 5.91 Å². The molecule has 1 fully saturated rings. The molecule has 1 heterocycles. The van der Waals surface area contributed by atoms with Crippen molar-refractivity contribution in [1.29, 1.82) is 0 Å². The Bertz CT molecular complexity index is 790. The van der Waals surface area contributed by atoms with Crippen molar-refractivity contribution in [3.63, 3.8) is 0 Å². The fourth-order valence-electron chi connectivity index (χ4n) is 2.64. The second-order valence-electron chi connectivity index (χ2n) is 6.24. The van der Waals surface area contributed by atoms with Crippen LogP contribution in [0.1, 0.15) is 17.3 Å². The highest BCUT2D eigenvalue weighted by Crippen LogP contribution is 2.19. The van der Waals surface area contributed by atoms with Crippen LogP contribution in [0.3, 0.4) is 0 Å². The largest absolute Gasteiger partial charge is 0.326 e. The SMILES string of the molecule is CC(C(=O)Nc1cccc(C(=O)Nc2cccc(F)c2)c1)C1CNC1. The van der Waals surface area contributed by atoms with Gasteiger partial charge in [0.1, 0.15) is 5.82 Å². The third kappa shape index (κ3) is 4.22. The van der Waals surface area contributed by atoms with Crippen molar-refractivity contribution in [3.05, 3.63) is 59.9 Å². The summed E-state index contributed by atoms with van der Waals surface area (Å²) in [5.41, 5.74) is 1.33. The van der Waals surface area contributed by atoms with Gasteiger partial charge in [-0.3, -0.25) is 9.59 Å². The molecule has 1 aliphatic heterocycles. The average Bonchev–Trinajstić information content (AvgIpc) is 2.53. The topological polar surface area (TPSA) is 70.2 Å². The summed E-state index contributed by atoms with van der Waals surface area (Å²) in [6.45, 7) is 3.61. The number of hydrogen-bond acceptors (Lipinski definition) is 3. The molecule has 2 amide bonds. The van der Waals surface area contributed by atoms with Gasteiger partial charge in [-0.1, -0.05) is 19.1 Å². The Morgan fingerprint density at radius 2 is 1.76 bits per heavy atom. The van der Waals surface area contributed by atoms with Crippen molar-refractivity contribution in [3.8, 4) is 0 Å². The zero-order chi connectivity index (χ0) is 17.8. The van der Waals surface area contributed by atoms with Gasteiger partial charge in [0.05, 0.1) is 0 Å². The lowest BCUT2D eigenvalue weighted by atomic mass is 9.88. The highest BCUT2D eigenvalue weighted by atomic mass is 19.1. The number of carbonyl (C=O) groups excluding carboxylic acids is 2. The third-order valence-electron chi connectivity index (χ3n) is 4.41. The average molecular weight is 341 g/mol. The van der Waals surface area contributed by atoms with Gasteiger partial charge >= 0.3 is 0 Å². The number of anilines is 2. The van der Waals surface area contributed by atoms with Crippen molar-refractivity contribution in [1.82, 2.24) is 5.32 Å². The minimum Gasteiger partial charge on any atom is -0.326 e. The fraction of sp³-hybridized carbons (Fsp3) is 0.263. The van der Waals surface area contributed by atoms with Gasteiger partial charge in [-0.15, -0.1) is 0 Å². The molecule has 1 aliphatic rings. The van der Waals surface area contributed by atoms with E-state index < -0.39 is 5.82 Å². The van der Waals surface area contributed by atoms with E-state index in [2.05, 4.69) is 16.0 Å². The summed E-state index contributed by atoms with van der Waals surface area (Å²) >= 11 is 0. The molecule has 0 radical (unpaired) electrons. The van der Waals surface area contributed by atoms with Crippen LogP contribution >= 0.6 is 0 Å². The zero-order valence-corrected chi connectivity index (χ0v) is 13.9. The van der Waals surface area contributed by atoms with E-state index in [1.807, 2.05) is 6.92 Å². The molecule has 0 saturated carbocycles. The summed E-state index contributed by atoms with van der Waals surface area (Å²) in [5.74, 6) is -0.587. The van der Waals surface area contributed by atoms with Crippen molar-refractivity contribution >= 4 is 23.2 Å². The van der Waals surface area contributed by atoms with E-state index in [0.29, 0.717) is 22.9 Å². The lowest BCUT2D eigenvalue weighted by Gasteiger charge is -2.31. The van der Waals surface area contributed by atoms with Crippen molar-refractivity contribution in [2.24, 2.45) is 11.8 Å². The normalized spacial score (nSPS) is 15.1. The molecule has 2 aromatic carbocycles. The number of halogens is 1. The molecule has 1 saturated heterocycles. The van der Waals surface area contributed by atoms with Gasteiger partial charge in [0, 0.05) is 22.9 Å². The number of benzene rings is 2. The van der Waals surface area contributed by atoms with Crippen LogP contribution in [0.5, 0.6) is 0 Å². The monoisotopic (exact) mass is 341 g/mol. The second kappa shape index (κ2) is 7.44. The number of rotatable bonds is 5. The highest BCUT2D eigenvalue weighted by molar-refractivity contribution is 6.05. The van der Waals surface area contributed by atoms with E-state index in [1.54, 1.807) is 30.3 Å². The first-order valence-corrected chi connectivity index (χ1v) is 8.21. The number of carbonyl (C=O) groups is 2. The Hall–Kier alpha value is -2.73. The maximum absolute atomic E-state index is 13.2. The first kappa shape index (κ1) is 17.1. The van der Waals surface area contributed by atoms with Crippen LogP contribution in [0, 0.1) is 17.7 Å². The van der Waals surface area contributed by atoms with Gasteiger partial charge in [-0.2, -0.15) is 0 Å². The molecule has 5 nitrogen and oxygen atoms in total. The summed E-state index contributed by atoms with van der Waals surface area (Å²) in [5, 5.41) is 8.64. The maximum atomic E-state index is 13.2. The van der Waals surface area contributed by atoms with Gasteiger partial charge in [-0.25, -0.2) is 4.39 Å². The van der Waals surface area contributed by atoms with Gasteiger partial charge in [0.15, 0.2) is 0 Å². The zero-order valence-electron chi connectivity index (χ0n) is 13.9. The quantitative estimate of drug-likeness (QED) is 0.783. The molecule has 130 valence electrons. The number of amides is 2. The van der Waals surface area contributed by atoms with Gasteiger partial charge in [-0.05, 0) is 55.4 Å². The smallest absolute Gasteiger partial charge is 0.255 e. The van der Waals surface area contributed by atoms with Crippen LogP contribution < -0.4 is 16.0 Å². The Balaban J connectivity index is 1.66. The summed E-state index contributed by atoms with van der Waals surface area (Å²) in [4.78, 5) is 24.6. The molecule has 1 atom stereocenters. The molecule has 0 aromatic heterocycles. The van der Waals surface area contributed by atoms with Crippen LogP contribution in [0.25, 0.3) is 0 Å². The second-order valence-corrected chi connectivity index (χ2v) is 6.24. The molecule has 0 spiro atoms. The van der Waals surface area contributed by atoms with Gasteiger partial charge in [0.2, 0.25) is 5.91 Å². The van der Waals surface area contributed by atoms with E-state index >= 15 is 0 Å². The molecular formula is C19H20FN3O2. The first-order valence-electron chi connectivity index (χ1n) is 8.21. The molecule has 2 aromatic rings. The Labute approximate surface area is 145 Å². The van der Waals surface area contributed by atoms with Crippen LogP contribution in [0.4, 0.5) is 15.8 Å². The molecule has 25 heavy (non-hydrogen) atoms. The summed E-state index contributed by atoms with van der Waals surface area (Å²) in [6, 6.07) is 12.4. The molecule has 1 unspecified atom stereocenters. The first-order chi connectivity index (χ1) is 12.0. The molecule has 0 bridgehead atoms. The predicted octanol–water partition coefficient (Wildman–Crippen LogP) is 2.87. The predicted molar refractivity (Wildman–Crippen MR) is 94.9 cm³/mol. The summed E-state index contributed by atoms with van der Waals surface area (Å²) in [6.07, 6.45) is 0. The van der Waals surface area contributed by atoms with Crippen molar-refractivity contribution < 1.29 is 14.0 Å². The highest BCUT2D eigenvalue weighted by Gasteiger charge is 2.28. The lowest BCUT2D eigenvalue weighted by molar-refractivity contribution is -0.121. The van der Waals surface area contributed by atoms with Gasteiger partial charge < -0.3 is 16.0 Å². The molecule has 3 N–H and O–H groups in total. The minimum absolute atomic E-state index is 0.0609. The third-order valence-corrected chi connectivity index (χ3v) is 4.41. The minimum atomic E-state index is -0.418. The molecule has 6 heteroatoms. The summed E-state index contributed by atoms with van der Waals surface area (Å²) < 4.78 is 13.2. The Kier molecular flexibility index (Phi) is 5.09.